The normalized spacial score (nSPS) is 34.2. The quantitative estimate of drug-likeness (QED) is 0.643. The van der Waals surface area contributed by atoms with Crippen molar-refractivity contribution >= 4 is 11.7 Å². The molecule has 12 heavy (non-hydrogen) atoms. The summed E-state index contributed by atoms with van der Waals surface area (Å²) in [7, 11) is 0. The highest BCUT2D eigenvalue weighted by atomic mass is 16.4. The number of nitrogens with zero attached hydrogens (tertiary/aromatic N) is 1. The zero-order valence-electron chi connectivity index (χ0n) is 6.99. The molecule has 2 atom stereocenters. The predicted octanol–water partition coefficient (Wildman–Crippen LogP) is 1.47. The summed E-state index contributed by atoms with van der Waals surface area (Å²) < 4.78 is 0. The number of hydrogen-bond acceptors (Lipinski definition) is 2. The van der Waals surface area contributed by atoms with Gasteiger partial charge in [-0.3, -0.25) is 4.99 Å². The van der Waals surface area contributed by atoms with Gasteiger partial charge in [0.15, 0.2) is 0 Å². The highest BCUT2D eigenvalue weighted by molar-refractivity contribution is 6.36. The van der Waals surface area contributed by atoms with Crippen molar-refractivity contribution in [2.45, 2.75) is 38.1 Å². The van der Waals surface area contributed by atoms with Crippen LogP contribution in [0.2, 0.25) is 0 Å². The Morgan fingerprint density at radius 1 is 1.42 bits per heavy atom. The fraction of sp³-hybridized carbons (Fsp3) is 0.778. The van der Waals surface area contributed by atoms with E-state index >= 15 is 0 Å². The maximum absolute atomic E-state index is 10.6. The lowest BCUT2D eigenvalue weighted by Gasteiger charge is -2.22. The highest BCUT2D eigenvalue weighted by Gasteiger charge is 2.33. The zero-order valence-corrected chi connectivity index (χ0v) is 6.99. The first kappa shape index (κ1) is 7.77. The summed E-state index contributed by atoms with van der Waals surface area (Å²) in [4.78, 5) is 14.8. The number of aliphatic imine (C=N–C) groups is 1. The lowest BCUT2D eigenvalue weighted by molar-refractivity contribution is -0.129. The molecule has 2 aliphatic rings. The van der Waals surface area contributed by atoms with E-state index in [-0.39, 0.29) is 0 Å². The molecule has 3 nitrogen and oxygen atoms in total. The second kappa shape index (κ2) is 2.88. The molecule has 0 spiro atoms. The van der Waals surface area contributed by atoms with Gasteiger partial charge in [-0.2, -0.15) is 0 Å². The lowest BCUT2D eigenvalue weighted by Crippen LogP contribution is -2.18. The minimum Gasteiger partial charge on any atom is -0.477 e. The second-order valence-corrected chi connectivity index (χ2v) is 3.70. The van der Waals surface area contributed by atoms with Gasteiger partial charge in [-0.15, -0.1) is 0 Å². The largest absolute Gasteiger partial charge is 0.477 e. The predicted molar refractivity (Wildman–Crippen MR) is 45.4 cm³/mol. The average molecular weight is 167 g/mol. The molecule has 0 amide bonds. The summed E-state index contributed by atoms with van der Waals surface area (Å²) >= 11 is 0. The van der Waals surface area contributed by atoms with E-state index < -0.39 is 5.97 Å². The Labute approximate surface area is 71.5 Å². The van der Waals surface area contributed by atoms with Gasteiger partial charge in [0.05, 0.1) is 6.04 Å². The van der Waals surface area contributed by atoms with Gasteiger partial charge >= 0.3 is 5.97 Å². The Morgan fingerprint density at radius 2 is 2.17 bits per heavy atom. The molecule has 0 aromatic carbocycles. The molecule has 0 unspecified atom stereocenters. The third-order valence-electron chi connectivity index (χ3n) is 2.89. The summed E-state index contributed by atoms with van der Waals surface area (Å²) in [5, 5.41) is 8.73. The summed E-state index contributed by atoms with van der Waals surface area (Å²) in [6, 6.07) is 0.338. The van der Waals surface area contributed by atoms with E-state index in [1.807, 2.05) is 0 Å². The molecule has 1 fully saturated rings. The fourth-order valence-corrected chi connectivity index (χ4v) is 2.24. The van der Waals surface area contributed by atoms with Crippen LogP contribution in [0.1, 0.15) is 32.1 Å². The number of carboxylic acid groups (broad SMARTS) is 1. The standard InChI is InChI=1S/C9H13NO2/c11-9(12)8-5-6-3-1-2-4-7(6)10-8/h6-7H,1-5H2,(H,11,12)/t6-,7-/m0/s1. The number of hydrogen-bond donors (Lipinski definition) is 1. The third-order valence-corrected chi connectivity index (χ3v) is 2.89. The molecule has 1 saturated carbocycles. The Bertz CT molecular complexity index is 235. The van der Waals surface area contributed by atoms with E-state index in [2.05, 4.69) is 4.99 Å². The van der Waals surface area contributed by atoms with Crippen molar-refractivity contribution in [2.24, 2.45) is 10.9 Å². The van der Waals surface area contributed by atoms with Crippen LogP contribution in [0.3, 0.4) is 0 Å². The van der Waals surface area contributed by atoms with Crippen molar-refractivity contribution in [3.8, 4) is 0 Å². The monoisotopic (exact) mass is 167 g/mol. The Balaban J connectivity index is 2.09. The van der Waals surface area contributed by atoms with E-state index in [0.29, 0.717) is 24.1 Å². The first-order valence-electron chi connectivity index (χ1n) is 4.57. The van der Waals surface area contributed by atoms with Gasteiger partial charge in [-0.05, 0) is 18.8 Å². The van der Waals surface area contributed by atoms with Crippen molar-refractivity contribution in [2.75, 3.05) is 0 Å². The first-order chi connectivity index (χ1) is 5.77. The smallest absolute Gasteiger partial charge is 0.349 e. The van der Waals surface area contributed by atoms with E-state index in [1.54, 1.807) is 0 Å². The Kier molecular flexibility index (Phi) is 1.87. The van der Waals surface area contributed by atoms with Crippen LogP contribution in [0.5, 0.6) is 0 Å². The highest BCUT2D eigenvalue weighted by Crippen LogP contribution is 2.34. The average Bonchev–Trinajstić information content (AvgIpc) is 2.46. The van der Waals surface area contributed by atoms with Crippen LogP contribution in [0.4, 0.5) is 0 Å². The lowest BCUT2D eigenvalue weighted by atomic mass is 9.84. The van der Waals surface area contributed by atoms with Crippen LogP contribution in [0.25, 0.3) is 0 Å². The minimum atomic E-state index is -0.815. The molecule has 1 heterocycles. The number of rotatable bonds is 1. The van der Waals surface area contributed by atoms with Gasteiger partial charge in [0.2, 0.25) is 0 Å². The number of carbonyl (C=O) groups is 1. The summed E-state index contributed by atoms with van der Waals surface area (Å²) in [5.74, 6) is -0.269. The first-order valence-corrected chi connectivity index (χ1v) is 4.57. The van der Waals surface area contributed by atoms with Crippen molar-refractivity contribution < 1.29 is 9.90 Å². The van der Waals surface area contributed by atoms with E-state index in [0.717, 1.165) is 6.42 Å². The maximum atomic E-state index is 10.6. The molecular weight excluding hydrogens is 154 g/mol. The molecule has 0 saturated heterocycles. The molecular formula is C9H13NO2. The van der Waals surface area contributed by atoms with Crippen LogP contribution < -0.4 is 0 Å². The van der Waals surface area contributed by atoms with E-state index in [9.17, 15) is 4.79 Å². The molecule has 66 valence electrons. The van der Waals surface area contributed by atoms with Crippen LogP contribution >= 0.6 is 0 Å². The number of aliphatic carboxylic acids is 1. The topological polar surface area (TPSA) is 49.7 Å². The molecule has 1 aliphatic carbocycles. The fourth-order valence-electron chi connectivity index (χ4n) is 2.24. The Morgan fingerprint density at radius 3 is 2.83 bits per heavy atom. The zero-order chi connectivity index (χ0) is 8.55. The molecule has 1 N–H and O–H groups in total. The van der Waals surface area contributed by atoms with Crippen molar-refractivity contribution in [3.63, 3.8) is 0 Å². The molecule has 0 aromatic rings. The van der Waals surface area contributed by atoms with Crippen LogP contribution in [0, 0.1) is 5.92 Å². The minimum absolute atomic E-state index is 0.338. The Hall–Kier alpha value is -0.860. The third kappa shape index (κ3) is 1.24. The van der Waals surface area contributed by atoms with Crippen LogP contribution in [-0.4, -0.2) is 22.8 Å². The SMILES string of the molecule is O=C(O)C1=N[C@H]2CCCC[C@H]2C1. The molecule has 2 rings (SSSR count). The van der Waals surface area contributed by atoms with Gasteiger partial charge < -0.3 is 5.11 Å². The van der Waals surface area contributed by atoms with Gasteiger partial charge in [0, 0.05) is 6.42 Å². The van der Waals surface area contributed by atoms with Gasteiger partial charge in [-0.25, -0.2) is 4.79 Å². The van der Waals surface area contributed by atoms with Crippen LogP contribution in [0.15, 0.2) is 4.99 Å². The summed E-state index contributed by atoms with van der Waals surface area (Å²) in [6.45, 7) is 0. The number of carboxylic acids is 1. The van der Waals surface area contributed by atoms with Gasteiger partial charge in [0.25, 0.3) is 0 Å². The molecule has 0 bridgehead atoms. The van der Waals surface area contributed by atoms with Crippen LogP contribution in [-0.2, 0) is 4.79 Å². The van der Waals surface area contributed by atoms with Crippen molar-refractivity contribution in [3.05, 3.63) is 0 Å². The second-order valence-electron chi connectivity index (χ2n) is 3.70. The van der Waals surface area contributed by atoms with E-state index in [4.69, 9.17) is 5.11 Å². The van der Waals surface area contributed by atoms with E-state index in [1.165, 1.54) is 19.3 Å². The maximum Gasteiger partial charge on any atom is 0.349 e. The molecule has 0 radical (unpaired) electrons. The molecule has 0 aromatic heterocycles. The summed E-state index contributed by atoms with van der Waals surface area (Å²) in [6.07, 6.45) is 5.45. The number of fused-ring (bicyclic) bond motifs is 1. The molecule has 1 aliphatic heterocycles. The summed E-state index contributed by atoms with van der Waals surface area (Å²) in [5.41, 5.74) is 0.409. The van der Waals surface area contributed by atoms with Crippen molar-refractivity contribution in [1.29, 1.82) is 0 Å². The van der Waals surface area contributed by atoms with Gasteiger partial charge in [0.1, 0.15) is 5.71 Å². The molecule has 3 heteroatoms. The van der Waals surface area contributed by atoms with Crippen molar-refractivity contribution in [1.82, 2.24) is 0 Å². The van der Waals surface area contributed by atoms with Gasteiger partial charge in [-0.1, -0.05) is 12.8 Å².